The van der Waals surface area contributed by atoms with Gasteiger partial charge in [0.05, 0.1) is 6.04 Å². The Kier molecular flexibility index (Phi) is 3.78. The van der Waals surface area contributed by atoms with Gasteiger partial charge in [-0.15, -0.1) is 0 Å². The van der Waals surface area contributed by atoms with Gasteiger partial charge in [-0.3, -0.25) is 13.9 Å². The standard InChI is InChI=1S/C13H12ClNO2S/c1-3-10(16)11-12(15(18-2)13(11)17)8-6-4-5-7-9(8)14/h3-7,11-12H,1H2,2H3. The molecule has 1 heterocycles. The number of allylic oxidation sites excluding steroid dienone is 1. The Morgan fingerprint density at radius 3 is 2.72 bits per heavy atom. The number of rotatable bonds is 4. The molecule has 0 aromatic heterocycles. The van der Waals surface area contributed by atoms with Crippen molar-refractivity contribution in [2.45, 2.75) is 6.04 Å². The molecule has 0 aliphatic carbocycles. The van der Waals surface area contributed by atoms with Crippen molar-refractivity contribution in [3.05, 3.63) is 47.5 Å². The van der Waals surface area contributed by atoms with Crippen LogP contribution in [0.4, 0.5) is 0 Å². The first-order valence-electron chi connectivity index (χ1n) is 5.39. The van der Waals surface area contributed by atoms with Crippen LogP contribution in [0.5, 0.6) is 0 Å². The summed E-state index contributed by atoms with van der Waals surface area (Å²) in [5.74, 6) is -1.12. The van der Waals surface area contributed by atoms with E-state index in [1.807, 2.05) is 18.2 Å². The van der Waals surface area contributed by atoms with Gasteiger partial charge in [0.2, 0.25) is 5.91 Å². The zero-order chi connectivity index (χ0) is 13.3. The maximum Gasteiger partial charge on any atom is 0.246 e. The average Bonchev–Trinajstić information content (AvgIpc) is 2.37. The lowest BCUT2D eigenvalue weighted by molar-refractivity contribution is -0.150. The smallest absolute Gasteiger partial charge is 0.246 e. The van der Waals surface area contributed by atoms with Gasteiger partial charge in [0.1, 0.15) is 5.92 Å². The summed E-state index contributed by atoms with van der Waals surface area (Å²) in [4.78, 5) is 23.6. The van der Waals surface area contributed by atoms with Crippen LogP contribution >= 0.6 is 23.5 Å². The summed E-state index contributed by atoms with van der Waals surface area (Å²) in [7, 11) is 0. The van der Waals surface area contributed by atoms with Crippen LogP contribution in [0.25, 0.3) is 0 Å². The summed E-state index contributed by atoms with van der Waals surface area (Å²) in [5, 5.41) is 0.566. The molecular weight excluding hydrogens is 270 g/mol. The van der Waals surface area contributed by atoms with Crippen LogP contribution in [-0.2, 0) is 9.59 Å². The Morgan fingerprint density at radius 2 is 2.17 bits per heavy atom. The summed E-state index contributed by atoms with van der Waals surface area (Å²) in [6, 6.07) is 6.96. The molecule has 0 bridgehead atoms. The summed E-state index contributed by atoms with van der Waals surface area (Å²) in [6.07, 6.45) is 3.00. The number of β-lactam (4-membered cyclic amide) rings is 1. The molecule has 2 rings (SSSR count). The summed E-state index contributed by atoms with van der Waals surface area (Å²) in [6.45, 7) is 3.44. The lowest BCUT2D eigenvalue weighted by Gasteiger charge is -2.44. The maximum atomic E-state index is 11.9. The lowest BCUT2D eigenvalue weighted by Crippen LogP contribution is -2.54. The minimum absolute atomic E-state index is 0.183. The third kappa shape index (κ3) is 1.95. The van der Waals surface area contributed by atoms with Crippen LogP contribution in [-0.4, -0.2) is 22.3 Å². The molecule has 1 aliphatic heterocycles. The van der Waals surface area contributed by atoms with Crippen LogP contribution in [0.1, 0.15) is 11.6 Å². The van der Waals surface area contributed by atoms with Gasteiger partial charge in [-0.1, -0.05) is 48.3 Å². The van der Waals surface area contributed by atoms with Crippen molar-refractivity contribution in [1.82, 2.24) is 4.31 Å². The zero-order valence-corrected chi connectivity index (χ0v) is 11.4. The normalized spacial score (nSPS) is 22.6. The highest BCUT2D eigenvalue weighted by atomic mass is 35.5. The fourth-order valence-electron chi connectivity index (χ4n) is 2.09. The third-order valence-corrected chi connectivity index (χ3v) is 4.12. The Balaban J connectivity index is 2.40. The number of nitrogens with zero attached hydrogens (tertiary/aromatic N) is 1. The Hall–Kier alpha value is -1.26. The molecular formula is C13H12ClNO2S. The van der Waals surface area contributed by atoms with Gasteiger partial charge in [0.25, 0.3) is 0 Å². The summed E-state index contributed by atoms with van der Waals surface area (Å²) < 4.78 is 1.58. The van der Waals surface area contributed by atoms with Crippen LogP contribution in [0.15, 0.2) is 36.9 Å². The monoisotopic (exact) mass is 281 g/mol. The zero-order valence-electron chi connectivity index (χ0n) is 9.80. The molecule has 1 aliphatic rings. The van der Waals surface area contributed by atoms with Gasteiger partial charge in [-0.05, 0) is 17.7 Å². The molecule has 1 fully saturated rings. The van der Waals surface area contributed by atoms with Gasteiger partial charge >= 0.3 is 0 Å². The minimum atomic E-state index is -0.685. The van der Waals surface area contributed by atoms with E-state index in [0.717, 1.165) is 5.56 Å². The molecule has 94 valence electrons. The molecule has 0 saturated carbocycles. The van der Waals surface area contributed by atoms with Crippen molar-refractivity contribution in [3.63, 3.8) is 0 Å². The van der Waals surface area contributed by atoms with E-state index >= 15 is 0 Å². The first-order valence-corrected chi connectivity index (χ1v) is 6.95. The van der Waals surface area contributed by atoms with Crippen molar-refractivity contribution in [2.24, 2.45) is 5.92 Å². The molecule has 1 aromatic carbocycles. The van der Waals surface area contributed by atoms with Crippen molar-refractivity contribution in [1.29, 1.82) is 0 Å². The number of halogens is 1. The SMILES string of the molecule is C=CC(=O)C1C(=O)N(SC)C1c1ccccc1Cl. The fourth-order valence-corrected chi connectivity index (χ4v) is 3.09. The van der Waals surface area contributed by atoms with Gasteiger partial charge in [0.15, 0.2) is 5.78 Å². The molecule has 1 saturated heterocycles. The second kappa shape index (κ2) is 5.16. The van der Waals surface area contributed by atoms with E-state index in [1.54, 1.807) is 16.6 Å². The summed E-state index contributed by atoms with van der Waals surface area (Å²) >= 11 is 7.43. The number of hydrogen-bond acceptors (Lipinski definition) is 3. The average molecular weight is 282 g/mol. The second-order valence-corrected chi connectivity index (χ2v) is 5.06. The molecule has 18 heavy (non-hydrogen) atoms. The van der Waals surface area contributed by atoms with E-state index in [4.69, 9.17) is 11.6 Å². The number of carbonyl (C=O) groups excluding carboxylic acids is 2. The van der Waals surface area contributed by atoms with E-state index in [-0.39, 0.29) is 17.7 Å². The number of amides is 1. The van der Waals surface area contributed by atoms with Crippen molar-refractivity contribution in [3.8, 4) is 0 Å². The van der Waals surface area contributed by atoms with Gasteiger partial charge in [-0.2, -0.15) is 0 Å². The van der Waals surface area contributed by atoms with Crippen LogP contribution in [0, 0.1) is 5.92 Å². The lowest BCUT2D eigenvalue weighted by atomic mass is 9.82. The first-order chi connectivity index (χ1) is 8.61. The van der Waals surface area contributed by atoms with E-state index in [2.05, 4.69) is 6.58 Å². The fraction of sp³-hybridized carbons (Fsp3) is 0.231. The van der Waals surface area contributed by atoms with Crippen molar-refractivity contribution < 1.29 is 9.59 Å². The molecule has 0 radical (unpaired) electrons. The molecule has 1 amide bonds. The highest BCUT2D eigenvalue weighted by Crippen LogP contribution is 2.46. The van der Waals surface area contributed by atoms with E-state index in [9.17, 15) is 9.59 Å². The molecule has 2 unspecified atom stereocenters. The molecule has 1 aromatic rings. The maximum absolute atomic E-state index is 11.9. The first kappa shape index (κ1) is 13.2. The Morgan fingerprint density at radius 1 is 1.50 bits per heavy atom. The van der Waals surface area contributed by atoms with Crippen molar-refractivity contribution in [2.75, 3.05) is 6.26 Å². The predicted octanol–water partition coefficient (Wildman–Crippen LogP) is 2.87. The van der Waals surface area contributed by atoms with Gasteiger partial charge in [-0.25, -0.2) is 0 Å². The Labute approximate surface area is 115 Å². The van der Waals surface area contributed by atoms with Crippen LogP contribution in [0.3, 0.4) is 0 Å². The Bertz CT molecular complexity index is 517. The van der Waals surface area contributed by atoms with Crippen LogP contribution in [0.2, 0.25) is 5.02 Å². The van der Waals surface area contributed by atoms with Gasteiger partial charge in [0, 0.05) is 11.3 Å². The number of benzene rings is 1. The molecule has 0 N–H and O–H groups in total. The number of ketones is 1. The third-order valence-electron chi connectivity index (χ3n) is 2.98. The summed E-state index contributed by atoms with van der Waals surface area (Å²) in [5.41, 5.74) is 0.799. The largest absolute Gasteiger partial charge is 0.294 e. The molecule has 0 spiro atoms. The molecule has 5 heteroatoms. The van der Waals surface area contributed by atoms with E-state index in [0.29, 0.717) is 5.02 Å². The van der Waals surface area contributed by atoms with Gasteiger partial charge < -0.3 is 0 Å². The molecule has 3 nitrogen and oxygen atoms in total. The highest BCUT2D eigenvalue weighted by Gasteiger charge is 2.51. The minimum Gasteiger partial charge on any atom is -0.294 e. The topological polar surface area (TPSA) is 37.4 Å². The second-order valence-electron chi connectivity index (χ2n) is 3.90. The van der Waals surface area contributed by atoms with Crippen molar-refractivity contribution >= 4 is 35.2 Å². The van der Waals surface area contributed by atoms with E-state index < -0.39 is 5.92 Å². The van der Waals surface area contributed by atoms with E-state index in [1.165, 1.54) is 18.0 Å². The predicted molar refractivity (Wildman–Crippen MR) is 73.2 cm³/mol. The highest BCUT2D eigenvalue weighted by molar-refractivity contribution is 7.96. The molecule has 2 atom stereocenters. The quantitative estimate of drug-likeness (QED) is 0.369. The van der Waals surface area contributed by atoms with Crippen LogP contribution < -0.4 is 0 Å². The number of carbonyl (C=O) groups is 2. The number of hydrogen-bond donors (Lipinski definition) is 0.